The minimum atomic E-state index is -3.22. The number of ketones is 1. The summed E-state index contributed by atoms with van der Waals surface area (Å²) < 4.78 is 27.2. The van der Waals surface area contributed by atoms with Gasteiger partial charge in [0.2, 0.25) is 0 Å². The topological polar surface area (TPSA) is 37.3 Å². The van der Waals surface area contributed by atoms with Crippen LogP contribution in [0.15, 0.2) is 18.2 Å². The van der Waals surface area contributed by atoms with Crippen LogP contribution >= 0.6 is 0 Å². The molecule has 1 unspecified atom stereocenters. The van der Waals surface area contributed by atoms with Crippen LogP contribution in [0.1, 0.15) is 27.9 Å². The van der Waals surface area contributed by atoms with E-state index < -0.39 is 30.1 Å². The summed E-state index contributed by atoms with van der Waals surface area (Å²) in [6, 6.07) is 4.63. The summed E-state index contributed by atoms with van der Waals surface area (Å²) in [4.78, 5) is 11.5. The van der Waals surface area contributed by atoms with Gasteiger partial charge in [-0.2, -0.15) is 0 Å². The second kappa shape index (κ2) is 2.27. The number of rotatable bonds is 0. The van der Waals surface area contributed by atoms with Crippen LogP contribution in [0.25, 0.3) is 0 Å². The van der Waals surface area contributed by atoms with Gasteiger partial charge in [0.15, 0.2) is 11.4 Å². The zero-order valence-electron chi connectivity index (χ0n) is 7.76. The summed E-state index contributed by atoms with van der Waals surface area (Å²) in [5.41, 5.74) is -1.45. The molecule has 15 heavy (non-hydrogen) atoms. The molecule has 0 amide bonds. The van der Waals surface area contributed by atoms with Gasteiger partial charge >= 0.3 is 0 Å². The molecule has 1 aromatic carbocycles. The zero-order valence-corrected chi connectivity index (χ0v) is 7.76. The molecule has 1 atom stereocenters. The van der Waals surface area contributed by atoms with Crippen molar-refractivity contribution in [1.82, 2.24) is 0 Å². The summed E-state index contributed by atoms with van der Waals surface area (Å²) in [6.45, 7) is 0. The van der Waals surface area contributed by atoms with E-state index in [1.807, 2.05) is 0 Å². The summed E-state index contributed by atoms with van der Waals surface area (Å²) in [5, 5.41) is 9.93. The molecule has 78 valence electrons. The van der Waals surface area contributed by atoms with Gasteiger partial charge in [0.25, 0.3) is 5.92 Å². The molecule has 0 heterocycles. The van der Waals surface area contributed by atoms with Gasteiger partial charge in [-0.25, -0.2) is 8.78 Å². The van der Waals surface area contributed by atoms with Gasteiger partial charge in [-0.1, -0.05) is 18.2 Å². The average molecular weight is 210 g/mol. The van der Waals surface area contributed by atoms with E-state index in [0.717, 1.165) is 0 Å². The van der Waals surface area contributed by atoms with Crippen LogP contribution in [0.3, 0.4) is 0 Å². The quantitative estimate of drug-likeness (QED) is 0.707. The second-order valence-electron chi connectivity index (χ2n) is 4.18. The van der Waals surface area contributed by atoms with Crippen molar-refractivity contribution in [2.24, 2.45) is 0 Å². The molecule has 1 N–H and O–H groups in total. The van der Waals surface area contributed by atoms with Crippen molar-refractivity contribution >= 4 is 5.78 Å². The second-order valence-corrected chi connectivity index (χ2v) is 4.18. The van der Waals surface area contributed by atoms with Gasteiger partial charge in [-0.15, -0.1) is 0 Å². The molecular weight excluding hydrogens is 202 g/mol. The molecule has 0 spiro atoms. The van der Waals surface area contributed by atoms with E-state index in [1.54, 1.807) is 12.1 Å². The predicted octanol–water partition coefficient (Wildman–Crippen LogP) is 1.65. The number of Topliss-reactive ketones (excluding diaryl/α,β-unsaturated/α-hetero) is 1. The number of halogens is 2. The van der Waals surface area contributed by atoms with Crippen molar-refractivity contribution in [3.63, 3.8) is 0 Å². The lowest BCUT2D eigenvalue weighted by Crippen LogP contribution is -2.40. The molecule has 2 aliphatic carbocycles. The van der Waals surface area contributed by atoms with Gasteiger partial charge < -0.3 is 5.11 Å². The fraction of sp³-hybridized carbons (Fsp3) is 0.364. The van der Waals surface area contributed by atoms with Gasteiger partial charge in [0.05, 0.1) is 6.42 Å². The first-order valence-corrected chi connectivity index (χ1v) is 4.71. The van der Waals surface area contributed by atoms with Crippen molar-refractivity contribution < 1.29 is 18.7 Å². The number of hydrogen-bond acceptors (Lipinski definition) is 2. The molecule has 2 aliphatic rings. The van der Waals surface area contributed by atoms with E-state index in [0.29, 0.717) is 5.56 Å². The Bertz CT molecular complexity index is 481. The van der Waals surface area contributed by atoms with Gasteiger partial charge in [-0.05, 0) is 5.56 Å². The maximum atomic E-state index is 13.6. The van der Waals surface area contributed by atoms with Crippen LogP contribution < -0.4 is 0 Å². The minimum absolute atomic E-state index is 0.153. The van der Waals surface area contributed by atoms with Crippen LogP contribution in [0.2, 0.25) is 0 Å². The summed E-state index contributed by atoms with van der Waals surface area (Å²) in [5.74, 6) is -3.62. The molecule has 4 heteroatoms. The Labute approximate surface area is 84.5 Å². The number of carbonyl (C=O) groups is 1. The fourth-order valence-corrected chi connectivity index (χ4v) is 2.58. The molecule has 1 aromatic rings. The highest BCUT2D eigenvalue weighted by molar-refractivity contribution is 6.03. The molecule has 0 saturated heterocycles. The maximum absolute atomic E-state index is 13.6. The largest absolute Gasteiger partial charge is 0.378 e. The third-order valence-corrected chi connectivity index (χ3v) is 3.30. The van der Waals surface area contributed by atoms with Crippen molar-refractivity contribution in [3.05, 3.63) is 34.9 Å². The lowest BCUT2D eigenvalue weighted by molar-refractivity contribution is -0.169. The molecular formula is C11H8F2O2. The monoisotopic (exact) mass is 210 g/mol. The standard InChI is InChI=1S/C11H8F2O2/c12-11(13)4-6-2-1-3-7-8(14)5-10(11,15)9(6)7/h1-3,15H,4-5H2. The third-order valence-electron chi connectivity index (χ3n) is 3.30. The van der Waals surface area contributed by atoms with Gasteiger partial charge in [0, 0.05) is 17.5 Å². The van der Waals surface area contributed by atoms with Crippen molar-refractivity contribution in [3.8, 4) is 0 Å². The summed E-state index contributed by atoms with van der Waals surface area (Å²) in [6.07, 6.45) is -0.966. The van der Waals surface area contributed by atoms with E-state index in [-0.39, 0.29) is 11.1 Å². The zero-order chi connectivity index (χ0) is 10.8. The van der Waals surface area contributed by atoms with E-state index in [2.05, 4.69) is 0 Å². The lowest BCUT2D eigenvalue weighted by atomic mass is 9.95. The Balaban J connectivity index is 2.37. The first kappa shape index (κ1) is 8.97. The molecule has 0 fully saturated rings. The van der Waals surface area contributed by atoms with E-state index >= 15 is 0 Å². The van der Waals surface area contributed by atoms with Crippen molar-refractivity contribution in [2.45, 2.75) is 24.4 Å². The lowest BCUT2D eigenvalue weighted by Gasteiger charge is -2.25. The Morgan fingerprint density at radius 3 is 2.73 bits per heavy atom. The number of hydrogen-bond donors (Lipinski definition) is 1. The molecule has 0 saturated carbocycles. The van der Waals surface area contributed by atoms with Crippen molar-refractivity contribution in [2.75, 3.05) is 0 Å². The highest BCUT2D eigenvalue weighted by Gasteiger charge is 2.64. The SMILES string of the molecule is O=C1CC2(O)c3c(cccc31)CC2(F)F. The number of carbonyl (C=O) groups excluding carboxylic acids is 1. The van der Waals surface area contributed by atoms with Crippen molar-refractivity contribution in [1.29, 1.82) is 0 Å². The van der Waals surface area contributed by atoms with Crippen LogP contribution in [-0.4, -0.2) is 16.8 Å². The molecule has 0 aliphatic heterocycles. The van der Waals surface area contributed by atoms with Gasteiger partial charge in [0.1, 0.15) is 0 Å². The molecule has 0 radical (unpaired) electrons. The molecule has 3 rings (SSSR count). The third kappa shape index (κ3) is 0.838. The molecule has 0 aromatic heterocycles. The Hall–Kier alpha value is -1.29. The summed E-state index contributed by atoms with van der Waals surface area (Å²) >= 11 is 0. The van der Waals surface area contributed by atoms with E-state index in [1.165, 1.54) is 6.07 Å². The number of benzene rings is 1. The van der Waals surface area contributed by atoms with E-state index in [9.17, 15) is 18.7 Å². The van der Waals surface area contributed by atoms with Crippen LogP contribution in [0.5, 0.6) is 0 Å². The van der Waals surface area contributed by atoms with E-state index in [4.69, 9.17) is 0 Å². The smallest absolute Gasteiger partial charge is 0.284 e. The first-order valence-electron chi connectivity index (χ1n) is 4.71. The molecule has 0 bridgehead atoms. The first-order chi connectivity index (χ1) is 6.96. The highest BCUT2D eigenvalue weighted by Crippen LogP contribution is 2.54. The highest BCUT2D eigenvalue weighted by atomic mass is 19.3. The van der Waals surface area contributed by atoms with Gasteiger partial charge in [-0.3, -0.25) is 4.79 Å². The fourth-order valence-electron chi connectivity index (χ4n) is 2.58. The maximum Gasteiger partial charge on any atom is 0.284 e. The number of aliphatic hydroxyl groups is 1. The number of alkyl halides is 2. The minimum Gasteiger partial charge on any atom is -0.378 e. The van der Waals surface area contributed by atoms with Crippen LogP contribution in [0, 0.1) is 0 Å². The van der Waals surface area contributed by atoms with Crippen LogP contribution in [0.4, 0.5) is 8.78 Å². The van der Waals surface area contributed by atoms with Crippen LogP contribution in [-0.2, 0) is 12.0 Å². The Morgan fingerprint density at radius 1 is 1.27 bits per heavy atom. The normalized spacial score (nSPS) is 30.7. The molecule has 2 nitrogen and oxygen atoms in total. The Kier molecular flexibility index (Phi) is 1.36. The predicted molar refractivity (Wildman–Crippen MR) is 47.9 cm³/mol. The summed E-state index contributed by atoms with van der Waals surface area (Å²) in [7, 11) is 0. The Morgan fingerprint density at radius 2 is 2.00 bits per heavy atom. The average Bonchev–Trinajstić information content (AvgIpc) is 2.51.